The van der Waals surface area contributed by atoms with Gasteiger partial charge in [-0.25, -0.2) is 0 Å². The molecule has 0 aliphatic carbocycles. The summed E-state index contributed by atoms with van der Waals surface area (Å²) in [7, 11) is 1.59. The predicted octanol–water partition coefficient (Wildman–Crippen LogP) is 4.05. The van der Waals surface area contributed by atoms with E-state index in [-0.39, 0.29) is 17.7 Å². The number of benzene rings is 3. The van der Waals surface area contributed by atoms with Crippen molar-refractivity contribution in [3.05, 3.63) is 95.6 Å². The van der Waals surface area contributed by atoms with Gasteiger partial charge in [0, 0.05) is 29.6 Å². The SMILES string of the molecule is COc1ccc(/C=C/C(=O)NC(C)C(=O)Nc2ccc(C(=O)N3CCc4ccccc43)cc2)cc1. The van der Waals surface area contributed by atoms with Crippen LogP contribution in [0, 0.1) is 0 Å². The number of methoxy groups -OCH3 is 1. The maximum Gasteiger partial charge on any atom is 0.258 e. The number of carbonyl (C=O) groups is 3. The van der Waals surface area contributed by atoms with Gasteiger partial charge in [0.2, 0.25) is 11.8 Å². The molecular formula is C28H27N3O4. The van der Waals surface area contributed by atoms with Crippen molar-refractivity contribution >= 4 is 35.2 Å². The minimum Gasteiger partial charge on any atom is -0.497 e. The summed E-state index contributed by atoms with van der Waals surface area (Å²) in [4.78, 5) is 39.4. The first-order valence-corrected chi connectivity index (χ1v) is 11.4. The zero-order valence-corrected chi connectivity index (χ0v) is 19.7. The Morgan fingerprint density at radius 2 is 1.69 bits per heavy atom. The van der Waals surface area contributed by atoms with E-state index in [1.165, 1.54) is 11.6 Å². The molecule has 0 saturated heterocycles. The monoisotopic (exact) mass is 469 g/mol. The Labute approximate surface area is 204 Å². The quantitative estimate of drug-likeness (QED) is 0.511. The summed E-state index contributed by atoms with van der Waals surface area (Å²) in [6.07, 6.45) is 3.88. The highest BCUT2D eigenvalue weighted by Gasteiger charge is 2.25. The summed E-state index contributed by atoms with van der Waals surface area (Å²) in [6, 6.07) is 21.2. The Hall–Kier alpha value is -4.39. The van der Waals surface area contributed by atoms with Gasteiger partial charge < -0.3 is 20.3 Å². The molecule has 1 aliphatic rings. The summed E-state index contributed by atoms with van der Waals surface area (Å²) in [5.41, 5.74) is 4.04. The molecule has 7 heteroatoms. The van der Waals surface area contributed by atoms with Gasteiger partial charge in [0.25, 0.3) is 5.91 Å². The molecule has 1 unspecified atom stereocenters. The molecule has 35 heavy (non-hydrogen) atoms. The Morgan fingerprint density at radius 3 is 2.40 bits per heavy atom. The average Bonchev–Trinajstić information content (AvgIpc) is 3.32. The first-order valence-electron chi connectivity index (χ1n) is 11.4. The zero-order valence-electron chi connectivity index (χ0n) is 19.7. The maximum absolute atomic E-state index is 12.9. The van der Waals surface area contributed by atoms with Crippen LogP contribution in [0.15, 0.2) is 78.9 Å². The van der Waals surface area contributed by atoms with Gasteiger partial charge in [0.1, 0.15) is 11.8 Å². The minimum atomic E-state index is -0.745. The molecule has 1 aliphatic heterocycles. The molecule has 0 saturated carbocycles. The van der Waals surface area contributed by atoms with Crippen molar-refractivity contribution in [2.75, 3.05) is 23.9 Å². The molecule has 4 rings (SSSR count). The van der Waals surface area contributed by atoms with E-state index in [2.05, 4.69) is 10.6 Å². The van der Waals surface area contributed by atoms with E-state index in [0.717, 1.165) is 23.4 Å². The molecule has 2 N–H and O–H groups in total. The van der Waals surface area contributed by atoms with Crippen LogP contribution in [0.1, 0.15) is 28.4 Å². The van der Waals surface area contributed by atoms with Crippen molar-refractivity contribution in [1.82, 2.24) is 5.32 Å². The summed E-state index contributed by atoms with van der Waals surface area (Å²) in [6.45, 7) is 2.26. The zero-order chi connectivity index (χ0) is 24.8. The van der Waals surface area contributed by atoms with Crippen LogP contribution in [0.25, 0.3) is 6.08 Å². The highest BCUT2D eigenvalue weighted by molar-refractivity contribution is 6.07. The van der Waals surface area contributed by atoms with Crippen LogP contribution in [0.2, 0.25) is 0 Å². The molecule has 0 fully saturated rings. The van der Waals surface area contributed by atoms with Gasteiger partial charge in [-0.05, 0) is 73.0 Å². The van der Waals surface area contributed by atoms with Crippen LogP contribution >= 0.6 is 0 Å². The van der Waals surface area contributed by atoms with Gasteiger partial charge >= 0.3 is 0 Å². The number of fused-ring (bicyclic) bond motifs is 1. The van der Waals surface area contributed by atoms with Gasteiger partial charge in [-0.15, -0.1) is 0 Å². The van der Waals surface area contributed by atoms with Crippen molar-refractivity contribution in [3.63, 3.8) is 0 Å². The largest absolute Gasteiger partial charge is 0.497 e. The summed E-state index contributed by atoms with van der Waals surface area (Å²) >= 11 is 0. The van der Waals surface area contributed by atoms with E-state index < -0.39 is 6.04 Å². The number of nitrogens with zero attached hydrogens (tertiary/aromatic N) is 1. The fourth-order valence-corrected chi connectivity index (χ4v) is 3.87. The minimum absolute atomic E-state index is 0.0721. The molecule has 3 aromatic rings. The third-order valence-corrected chi connectivity index (χ3v) is 5.83. The van der Waals surface area contributed by atoms with Crippen LogP contribution in [0.3, 0.4) is 0 Å². The van der Waals surface area contributed by atoms with Crippen LogP contribution in [-0.2, 0) is 16.0 Å². The Morgan fingerprint density at radius 1 is 0.971 bits per heavy atom. The van der Waals surface area contributed by atoms with E-state index in [0.29, 0.717) is 17.8 Å². The first kappa shape index (κ1) is 23.8. The van der Waals surface area contributed by atoms with Crippen molar-refractivity contribution in [2.24, 2.45) is 0 Å². The Bertz CT molecular complexity index is 1250. The van der Waals surface area contributed by atoms with Gasteiger partial charge in [-0.3, -0.25) is 14.4 Å². The molecule has 0 aromatic heterocycles. The number of hydrogen-bond donors (Lipinski definition) is 2. The second kappa shape index (κ2) is 10.7. The number of anilines is 2. The molecular weight excluding hydrogens is 442 g/mol. The lowest BCUT2D eigenvalue weighted by Crippen LogP contribution is -2.40. The number of carbonyl (C=O) groups excluding carboxylic acids is 3. The van der Waals surface area contributed by atoms with E-state index in [9.17, 15) is 14.4 Å². The van der Waals surface area contributed by atoms with Crippen LogP contribution in [-0.4, -0.2) is 37.4 Å². The van der Waals surface area contributed by atoms with E-state index in [1.54, 1.807) is 61.4 Å². The highest BCUT2D eigenvalue weighted by Crippen LogP contribution is 2.29. The van der Waals surface area contributed by atoms with Crippen LogP contribution < -0.4 is 20.3 Å². The molecule has 3 amide bonds. The van der Waals surface area contributed by atoms with Crippen LogP contribution in [0.4, 0.5) is 11.4 Å². The topological polar surface area (TPSA) is 87.7 Å². The predicted molar refractivity (Wildman–Crippen MR) is 137 cm³/mol. The van der Waals surface area contributed by atoms with Gasteiger partial charge in [-0.1, -0.05) is 30.3 Å². The molecule has 0 radical (unpaired) electrons. The van der Waals surface area contributed by atoms with Crippen molar-refractivity contribution < 1.29 is 19.1 Å². The first-order chi connectivity index (χ1) is 16.9. The smallest absolute Gasteiger partial charge is 0.258 e. The van der Waals surface area contributed by atoms with E-state index >= 15 is 0 Å². The van der Waals surface area contributed by atoms with Crippen molar-refractivity contribution in [2.45, 2.75) is 19.4 Å². The lowest BCUT2D eigenvalue weighted by atomic mass is 10.1. The number of nitrogens with one attached hydrogen (secondary N) is 2. The number of hydrogen-bond acceptors (Lipinski definition) is 4. The van der Waals surface area contributed by atoms with Crippen LogP contribution in [0.5, 0.6) is 5.75 Å². The summed E-state index contributed by atoms with van der Waals surface area (Å²) < 4.78 is 5.11. The van der Waals surface area contributed by atoms with Gasteiger partial charge in [-0.2, -0.15) is 0 Å². The van der Waals surface area contributed by atoms with Crippen molar-refractivity contribution in [3.8, 4) is 5.75 Å². The number of ether oxygens (including phenoxy) is 1. The highest BCUT2D eigenvalue weighted by atomic mass is 16.5. The second-order valence-electron chi connectivity index (χ2n) is 8.24. The van der Waals surface area contributed by atoms with Gasteiger partial charge in [0.15, 0.2) is 0 Å². The Balaban J connectivity index is 1.30. The third kappa shape index (κ3) is 5.76. The van der Waals surface area contributed by atoms with Crippen molar-refractivity contribution in [1.29, 1.82) is 0 Å². The van der Waals surface area contributed by atoms with E-state index in [1.807, 2.05) is 36.4 Å². The van der Waals surface area contributed by atoms with Gasteiger partial charge in [0.05, 0.1) is 7.11 Å². The lowest BCUT2D eigenvalue weighted by Gasteiger charge is -2.18. The lowest BCUT2D eigenvalue weighted by molar-refractivity contribution is -0.123. The number of para-hydroxylation sites is 1. The molecule has 3 aromatic carbocycles. The fourth-order valence-electron chi connectivity index (χ4n) is 3.87. The average molecular weight is 470 g/mol. The standard InChI is InChI=1S/C28H27N3O4/c1-19(29-26(32)16-9-20-7-14-24(35-2)15-8-20)27(33)30-23-12-10-22(11-13-23)28(34)31-18-17-21-5-3-4-6-25(21)31/h3-16,19H,17-18H2,1-2H3,(H,29,32)(H,30,33)/b16-9+. The number of rotatable bonds is 7. The molecule has 0 spiro atoms. The molecule has 1 atom stereocenters. The Kier molecular flexibility index (Phi) is 7.26. The fraction of sp³-hybridized carbons (Fsp3) is 0.179. The third-order valence-electron chi connectivity index (χ3n) is 5.83. The number of amides is 3. The molecule has 7 nitrogen and oxygen atoms in total. The molecule has 1 heterocycles. The molecule has 0 bridgehead atoms. The normalized spacial score (nSPS) is 13.3. The summed E-state index contributed by atoms with van der Waals surface area (Å²) in [5.74, 6) is -0.0770. The maximum atomic E-state index is 12.9. The second-order valence-corrected chi connectivity index (χ2v) is 8.24. The van der Waals surface area contributed by atoms with E-state index in [4.69, 9.17) is 4.74 Å². The summed E-state index contributed by atoms with van der Waals surface area (Å²) in [5, 5.41) is 5.41. The molecule has 178 valence electrons.